The van der Waals surface area contributed by atoms with E-state index in [1.165, 1.54) is 0 Å². The third-order valence-corrected chi connectivity index (χ3v) is 3.79. The van der Waals surface area contributed by atoms with Crippen molar-refractivity contribution in [1.82, 2.24) is 5.32 Å². The first-order valence-corrected chi connectivity index (χ1v) is 9.04. The van der Waals surface area contributed by atoms with E-state index in [2.05, 4.69) is 53.7 Å². The summed E-state index contributed by atoms with van der Waals surface area (Å²) >= 11 is 0. The number of ether oxygens (including phenoxy) is 1. The molecule has 0 saturated carbocycles. The predicted molar refractivity (Wildman–Crippen MR) is 112 cm³/mol. The second kappa shape index (κ2) is 9.87. The fourth-order valence-electron chi connectivity index (χ4n) is 2.61. The Balaban J connectivity index is 2.23. The first-order chi connectivity index (χ1) is 12.6. The number of rotatable bonds is 7. The molecule has 0 bridgehead atoms. The minimum absolute atomic E-state index is 0.187. The van der Waals surface area contributed by atoms with Crippen LogP contribution in [0.15, 0.2) is 45.3 Å². The van der Waals surface area contributed by atoms with Crippen LogP contribution in [0.5, 0.6) is 0 Å². The number of nitrogens with zero attached hydrogens (tertiary/aromatic N) is 3. The van der Waals surface area contributed by atoms with E-state index in [0.29, 0.717) is 6.61 Å². The normalized spacial score (nSPS) is 17.5. The molecule has 0 unspecified atom stereocenters. The van der Waals surface area contributed by atoms with Crippen molar-refractivity contribution in [2.75, 3.05) is 39.2 Å². The number of hydrogen-bond donors (Lipinski definition) is 2. The number of allylic oxidation sites excluding steroid dienone is 1. The maximum atomic E-state index is 5.34. The molecule has 26 heavy (non-hydrogen) atoms. The number of amidine groups is 1. The Bertz CT molecular complexity index is 714. The molecular weight excluding hydrogens is 326 g/mol. The lowest BCUT2D eigenvalue weighted by molar-refractivity contribution is 0.158. The van der Waals surface area contributed by atoms with Gasteiger partial charge in [0.2, 0.25) is 0 Å². The maximum Gasteiger partial charge on any atom is 0.154 e. The van der Waals surface area contributed by atoms with Crippen LogP contribution in [-0.4, -0.2) is 57.2 Å². The van der Waals surface area contributed by atoms with E-state index in [9.17, 15) is 0 Å². The predicted octanol–water partition coefficient (Wildman–Crippen LogP) is 3.03. The van der Waals surface area contributed by atoms with E-state index in [0.717, 1.165) is 47.4 Å². The highest BCUT2D eigenvalue weighted by atomic mass is 16.5. The molecule has 6 nitrogen and oxygen atoms in total. The Labute approximate surface area is 156 Å². The Kier molecular flexibility index (Phi) is 7.53. The number of nitrogens with one attached hydrogen (secondary N) is 2. The fourth-order valence-corrected chi connectivity index (χ4v) is 2.61. The van der Waals surface area contributed by atoms with Crippen molar-refractivity contribution in [2.45, 2.75) is 26.8 Å². The molecule has 1 aromatic carbocycles. The van der Waals surface area contributed by atoms with Crippen LogP contribution in [0.4, 0.5) is 5.69 Å². The summed E-state index contributed by atoms with van der Waals surface area (Å²) in [6, 6.07) is 8.42. The lowest BCUT2D eigenvalue weighted by atomic mass is 10.0. The van der Waals surface area contributed by atoms with Gasteiger partial charge in [-0.05, 0) is 39.0 Å². The number of benzene rings is 1. The van der Waals surface area contributed by atoms with Gasteiger partial charge in [-0.2, -0.15) is 0 Å². The van der Waals surface area contributed by atoms with E-state index in [4.69, 9.17) is 14.7 Å². The highest BCUT2D eigenvalue weighted by Crippen LogP contribution is 2.22. The molecule has 2 N–H and O–H groups in total. The van der Waals surface area contributed by atoms with Crippen LogP contribution in [0.3, 0.4) is 0 Å². The highest BCUT2D eigenvalue weighted by molar-refractivity contribution is 6.72. The van der Waals surface area contributed by atoms with Crippen molar-refractivity contribution in [2.24, 2.45) is 15.0 Å². The third kappa shape index (κ3) is 5.26. The summed E-state index contributed by atoms with van der Waals surface area (Å²) in [7, 11) is 3.62. The Morgan fingerprint density at radius 1 is 1.19 bits per heavy atom. The first-order valence-electron chi connectivity index (χ1n) is 9.04. The zero-order valence-corrected chi connectivity index (χ0v) is 16.3. The smallest absolute Gasteiger partial charge is 0.154 e. The molecule has 0 aliphatic carbocycles. The summed E-state index contributed by atoms with van der Waals surface area (Å²) in [5.41, 5.74) is 4.63. The zero-order chi connectivity index (χ0) is 18.9. The quantitative estimate of drug-likeness (QED) is 0.739. The summed E-state index contributed by atoms with van der Waals surface area (Å²) in [5.74, 6) is 0.739. The second-order valence-corrected chi connectivity index (χ2v) is 6.12. The molecule has 0 fully saturated rings. The Hall–Kier alpha value is -2.47. The summed E-state index contributed by atoms with van der Waals surface area (Å²) in [4.78, 5) is 13.8. The average Bonchev–Trinajstić information content (AvgIpc) is 2.64. The van der Waals surface area contributed by atoms with Crippen LogP contribution in [0, 0.1) is 0 Å². The molecule has 1 aliphatic rings. The fraction of sp³-hybridized carbons (Fsp3) is 0.450. The molecule has 0 saturated heterocycles. The monoisotopic (exact) mass is 355 g/mol. The maximum absolute atomic E-state index is 5.34. The van der Waals surface area contributed by atoms with Crippen molar-refractivity contribution in [1.29, 1.82) is 0 Å². The van der Waals surface area contributed by atoms with Crippen LogP contribution >= 0.6 is 0 Å². The second-order valence-electron chi connectivity index (χ2n) is 6.12. The van der Waals surface area contributed by atoms with E-state index in [1.54, 1.807) is 7.05 Å². The van der Waals surface area contributed by atoms with E-state index >= 15 is 0 Å². The van der Waals surface area contributed by atoms with Gasteiger partial charge >= 0.3 is 0 Å². The molecule has 1 heterocycles. The molecule has 1 aromatic rings. The van der Waals surface area contributed by atoms with E-state index in [1.807, 2.05) is 20.0 Å². The van der Waals surface area contributed by atoms with Crippen LogP contribution in [0.25, 0.3) is 5.70 Å². The Morgan fingerprint density at radius 3 is 2.50 bits per heavy atom. The van der Waals surface area contributed by atoms with Crippen LogP contribution in [-0.2, 0) is 4.74 Å². The molecule has 0 amide bonds. The molecule has 1 aliphatic heterocycles. The largest absolute Gasteiger partial charge is 0.383 e. The van der Waals surface area contributed by atoms with Gasteiger partial charge in [-0.25, -0.2) is 4.99 Å². The average molecular weight is 355 g/mol. The lowest BCUT2D eigenvalue weighted by Crippen LogP contribution is -2.36. The molecule has 140 valence electrons. The number of aliphatic imine (C=N–C) groups is 3. The number of anilines is 1. The van der Waals surface area contributed by atoms with Gasteiger partial charge < -0.3 is 15.4 Å². The summed E-state index contributed by atoms with van der Waals surface area (Å²) in [5, 5.41) is 6.48. The van der Waals surface area contributed by atoms with Crippen molar-refractivity contribution in [3.05, 3.63) is 35.9 Å². The zero-order valence-electron chi connectivity index (χ0n) is 16.3. The van der Waals surface area contributed by atoms with Crippen LogP contribution in [0.1, 0.15) is 26.3 Å². The molecular formula is C20H29N5O. The topological polar surface area (TPSA) is 70.4 Å². The molecule has 0 aromatic heterocycles. The highest BCUT2D eigenvalue weighted by Gasteiger charge is 2.20. The van der Waals surface area contributed by atoms with Gasteiger partial charge in [0.05, 0.1) is 18.0 Å². The minimum Gasteiger partial charge on any atom is -0.383 e. The van der Waals surface area contributed by atoms with Crippen molar-refractivity contribution >= 4 is 28.6 Å². The van der Waals surface area contributed by atoms with Gasteiger partial charge in [-0.15, -0.1) is 0 Å². The van der Waals surface area contributed by atoms with Crippen molar-refractivity contribution in [3.63, 3.8) is 0 Å². The first kappa shape index (κ1) is 19.8. The lowest BCUT2D eigenvalue weighted by Gasteiger charge is -2.17. The molecule has 6 heteroatoms. The van der Waals surface area contributed by atoms with Gasteiger partial charge in [0.1, 0.15) is 5.71 Å². The van der Waals surface area contributed by atoms with Gasteiger partial charge in [0.15, 0.2) is 5.84 Å². The molecule has 0 atom stereocenters. The van der Waals surface area contributed by atoms with Crippen LogP contribution < -0.4 is 10.6 Å². The van der Waals surface area contributed by atoms with Gasteiger partial charge in [0, 0.05) is 44.5 Å². The standard InChI is InChI=1S/C20H29N5O/c1-6-26-12-11-23-16-9-7-15(8-10-16)17-13-18(24-14(2)3)19(21-4)20(22-5)25-17/h7-10,13-14,23H,6,11-12H2,1-5H3,(H,22,25)/b21-19+,24-18-. The molecule has 0 radical (unpaired) electrons. The Morgan fingerprint density at radius 2 is 1.92 bits per heavy atom. The summed E-state index contributed by atoms with van der Waals surface area (Å²) in [6.07, 6.45) is 2.00. The molecule has 2 rings (SSSR count). The van der Waals surface area contributed by atoms with Gasteiger partial charge in [-0.3, -0.25) is 9.98 Å². The van der Waals surface area contributed by atoms with Crippen molar-refractivity contribution < 1.29 is 4.74 Å². The van der Waals surface area contributed by atoms with E-state index in [-0.39, 0.29) is 6.04 Å². The summed E-state index contributed by atoms with van der Waals surface area (Å²) in [6.45, 7) is 8.34. The minimum atomic E-state index is 0.187. The van der Waals surface area contributed by atoms with Crippen LogP contribution in [0.2, 0.25) is 0 Å². The summed E-state index contributed by atoms with van der Waals surface area (Å²) < 4.78 is 5.34. The third-order valence-electron chi connectivity index (χ3n) is 3.79. The van der Waals surface area contributed by atoms with Gasteiger partial charge in [0.25, 0.3) is 0 Å². The van der Waals surface area contributed by atoms with E-state index < -0.39 is 0 Å². The number of hydrogen-bond acceptors (Lipinski definition) is 6. The van der Waals surface area contributed by atoms with Gasteiger partial charge in [-0.1, -0.05) is 12.1 Å². The molecule has 0 spiro atoms. The SMILES string of the molecule is CCOCCNc1ccc(C2=CC(=N/C(C)C)/C(=N\C)C(NC)=N2)cc1. The van der Waals surface area contributed by atoms with Crippen molar-refractivity contribution in [3.8, 4) is 0 Å².